The van der Waals surface area contributed by atoms with E-state index >= 15 is 0 Å². The van der Waals surface area contributed by atoms with Crippen LogP contribution in [-0.2, 0) is 6.42 Å². The van der Waals surface area contributed by atoms with Crippen molar-refractivity contribution in [3.05, 3.63) is 53.2 Å². The first-order valence-corrected chi connectivity index (χ1v) is 9.15. The first-order valence-electron chi connectivity index (χ1n) is 6.02. The minimum absolute atomic E-state index is 0.300. The van der Waals surface area contributed by atoms with E-state index in [9.17, 15) is 0 Å². The Labute approximate surface area is 145 Å². The van der Waals surface area contributed by atoms with Crippen molar-refractivity contribution in [3.63, 3.8) is 0 Å². The van der Waals surface area contributed by atoms with Gasteiger partial charge in [-0.1, -0.05) is 24.6 Å². The molecule has 1 N–H and O–H groups in total. The van der Waals surface area contributed by atoms with E-state index in [4.69, 9.17) is 11.6 Å². The lowest BCUT2D eigenvalue weighted by atomic mass is 10.0. The summed E-state index contributed by atoms with van der Waals surface area (Å²) in [4.78, 5) is 1.36. The van der Waals surface area contributed by atoms with Crippen molar-refractivity contribution >= 4 is 61.5 Å². The third-order valence-corrected chi connectivity index (χ3v) is 6.40. The van der Waals surface area contributed by atoms with Crippen molar-refractivity contribution in [1.29, 1.82) is 0 Å². The van der Waals surface area contributed by atoms with Gasteiger partial charge in [-0.3, -0.25) is 0 Å². The van der Waals surface area contributed by atoms with Gasteiger partial charge >= 0.3 is 0 Å². The predicted molar refractivity (Wildman–Crippen MR) is 96.3 cm³/mol. The minimum atomic E-state index is 0.300. The highest BCUT2D eigenvalue weighted by Gasteiger charge is 2.14. The first kappa shape index (κ1) is 15.8. The van der Waals surface area contributed by atoms with E-state index in [2.05, 4.69) is 80.4 Å². The molecular weight excluding hydrogens is 456 g/mol. The molecule has 5 heteroatoms. The Bertz CT molecular complexity index is 558. The zero-order chi connectivity index (χ0) is 13.8. The lowest BCUT2D eigenvalue weighted by molar-refractivity contribution is 0.552. The molecular formula is C14H14BrClINS. The van der Waals surface area contributed by atoms with Crippen LogP contribution >= 0.6 is 61.5 Å². The van der Waals surface area contributed by atoms with E-state index in [1.54, 1.807) is 11.3 Å². The number of thiophene rings is 1. The van der Waals surface area contributed by atoms with Gasteiger partial charge in [-0.2, -0.15) is 0 Å². The smallest absolute Gasteiger partial charge is 0.0542 e. The van der Waals surface area contributed by atoms with Crippen molar-refractivity contribution in [1.82, 2.24) is 5.32 Å². The molecule has 0 aliphatic rings. The van der Waals surface area contributed by atoms with Crippen molar-refractivity contribution in [2.24, 2.45) is 0 Å². The number of halogens is 3. The van der Waals surface area contributed by atoms with Gasteiger partial charge in [0.05, 0.1) is 5.02 Å². The molecule has 2 aromatic rings. The lowest BCUT2D eigenvalue weighted by Gasteiger charge is -2.18. The van der Waals surface area contributed by atoms with Gasteiger partial charge in [-0.15, -0.1) is 11.3 Å². The molecule has 0 spiro atoms. The van der Waals surface area contributed by atoms with Crippen molar-refractivity contribution < 1.29 is 0 Å². The minimum Gasteiger partial charge on any atom is -0.310 e. The highest BCUT2D eigenvalue weighted by atomic mass is 127. The third kappa shape index (κ3) is 4.17. The molecule has 2 rings (SSSR count). The van der Waals surface area contributed by atoms with Crippen LogP contribution in [0.1, 0.15) is 23.4 Å². The van der Waals surface area contributed by atoms with Gasteiger partial charge in [0, 0.05) is 25.4 Å². The molecule has 1 unspecified atom stereocenters. The fourth-order valence-corrected chi connectivity index (χ4v) is 4.03. The van der Waals surface area contributed by atoms with Crippen LogP contribution in [0.2, 0.25) is 5.02 Å². The van der Waals surface area contributed by atoms with Gasteiger partial charge < -0.3 is 5.32 Å². The highest BCUT2D eigenvalue weighted by Crippen LogP contribution is 2.30. The molecule has 0 amide bonds. The Balaban J connectivity index is 2.24. The van der Waals surface area contributed by atoms with Gasteiger partial charge in [-0.05, 0) is 74.2 Å². The molecule has 1 atom stereocenters. The molecule has 0 bridgehead atoms. The number of nitrogens with one attached hydrogen (secondary N) is 1. The normalized spacial score (nSPS) is 12.6. The summed E-state index contributed by atoms with van der Waals surface area (Å²) in [6, 6.07) is 8.70. The molecule has 0 fully saturated rings. The second kappa shape index (κ2) is 7.41. The van der Waals surface area contributed by atoms with E-state index in [1.807, 2.05) is 0 Å². The number of benzene rings is 1. The molecule has 0 saturated carbocycles. The second-order valence-corrected chi connectivity index (χ2v) is 7.60. The number of hydrogen-bond acceptors (Lipinski definition) is 2. The molecule has 0 aliphatic heterocycles. The number of likely N-dealkylation sites (N-methyl/N-ethyl adjacent to an activating group) is 1. The van der Waals surface area contributed by atoms with E-state index < -0.39 is 0 Å². The number of rotatable bonds is 5. The molecule has 19 heavy (non-hydrogen) atoms. The summed E-state index contributed by atoms with van der Waals surface area (Å²) in [5.74, 6) is 0. The fraction of sp³-hybridized carbons (Fsp3) is 0.286. The van der Waals surface area contributed by atoms with Crippen LogP contribution in [0.4, 0.5) is 0 Å². The summed E-state index contributed by atoms with van der Waals surface area (Å²) in [5.41, 5.74) is 1.24. The van der Waals surface area contributed by atoms with E-state index in [0.717, 1.165) is 21.6 Å². The maximum Gasteiger partial charge on any atom is 0.0542 e. The van der Waals surface area contributed by atoms with E-state index in [1.165, 1.54) is 14.9 Å². The summed E-state index contributed by atoms with van der Waals surface area (Å²) in [7, 11) is 0. The molecule has 0 saturated heterocycles. The Morgan fingerprint density at radius 2 is 2.21 bits per heavy atom. The Morgan fingerprint density at radius 1 is 1.42 bits per heavy atom. The van der Waals surface area contributed by atoms with Crippen LogP contribution in [0.5, 0.6) is 0 Å². The topological polar surface area (TPSA) is 12.0 Å². The van der Waals surface area contributed by atoms with Crippen LogP contribution in [0.25, 0.3) is 0 Å². The Kier molecular flexibility index (Phi) is 6.14. The lowest BCUT2D eigenvalue weighted by Crippen LogP contribution is -2.22. The van der Waals surface area contributed by atoms with Crippen LogP contribution in [0.15, 0.2) is 34.1 Å². The molecule has 0 radical (unpaired) electrons. The average molecular weight is 471 g/mol. The SMILES string of the molecule is CCNC(Cc1sccc1Br)c1ccc(I)c(Cl)c1. The van der Waals surface area contributed by atoms with Gasteiger partial charge in [0.2, 0.25) is 0 Å². The molecule has 102 valence electrons. The first-order chi connectivity index (χ1) is 9.11. The molecule has 1 heterocycles. The van der Waals surface area contributed by atoms with Gasteiger partial charge in [0.15, 0.2) is 0 Å². The highest BCUT2D eigenvalue weighted by molar-refractivity contribution is 14.1. The van der Waals surface area contributed by atoms with Gasteiger partial charge in [0.1, 0.15) is 0 Å². The maximum absolute atomic E-state index is 6.23. The maximum atomic E-state index is 6.23. The van der Waals surface area contributed by atoms with Crippen LogP contribution < -0.4 is 5.32 Å². The van der Waals surface area contributed by atoms with E-state index in [0.29, 0.717) is 6.04 Å². The third-order valence-electron chi connectivity index (χ3n) is 2.88. The van der Waals surface area contributed by atoms with Crippen molar-refractivity contribution in [3.8, 4) is 0 Å². The zero-order valence-corrected chi connectivity index (χ0v) is 15.7. The van der Waals surface area contributed by atoms with Crippen molar-refractivity contribution in [2.45, 2.75) is 19.4 Å². The molecule has 1 nitrogen and oxygen atoms in total. The Morgan fingerprint density at radius 3 is 2.79 bits per heavy atom. The summed E-state index contributed by atoms with van der Waals surface area (Å²) in [6.45, 7) is 3.07. The van der Waals surface area contributed by atoms with Crippen LogP contribution in [0.3, 0.4) is 0 Å². The Hall–Kier alpha value is 0.380. The zero-order valence-electron chi connectivity index (χ0n) is 10.4. The standard InChI is InChI=1S/C14H14BrClINS/c1-2-18-13(8-14-10(15)5-6-19-14)9-3-4-12(17)11(16)7-9/h3-7,13,18H,2,8H2,1H3. The molecule has 0 aliphatic carbocycles. The monoisotopic (exact) mass is 469 g/mol. The largest absolute Gasteiger partial charge is 0.310 e. The molecule has 1 aromatic carbocycles. The molecule has 1 aromatic heterocycles. The summed E-state index contributed by atoms with van der Waals surface area (Å²) < 4.78 is 2.28. The summed E-state index contributed by atoms with van der Waals surface area (Å²) >= 11 is 13.9. The van der Waals surface area contributed by atoms with Gasteiger partial charge in [-0.25, -0.2) is 0 Å². The predicted octanol–water partition coefficient (Wildman–Crippen LogP) is 5.66. The van der Waals surface area contributed by atoms with Crippen LogP contribution in [-0.4, -0.2) is 6.54 Å². The number of hydrogen-bond donors (Lipinski definition) is 1. The summed E-state index contributed by atoms with van der Waals surface area (Å²) in [6.07, 6.45) is 0.975. The van der Waals surface area contributed by atoms with Gasteiger partial charge in [0.25, 0.3) is 0 Å². The average Bonchev–Trinajstić information content (AvgIpc) is 2.78. The van der Waals surface area contributed by atoms with Crippen molar-refractivity contribution in [2.75, 3.05) is 6.54 Å². The fourth-order valence-electron chi connectivity index (χ4n) is 1.94. The second-order valence-electron chi connectivity index (χ2n) is 4.18. The summed E-state index contributed by atoms with van der Waals surface area (Å²) in [5, 5.41) is 6.48. The van der Waals surface area contributed by atoms with Crippen LogP contribution in [0, 0.1) is 3.57 Å². The van der Waals surface area contributed by atoms with E-state index in [-0.39, 0.29) is 0 Å². The quantitative estimate of drug-likeness (QED) is 0.556.